The maximum Gasteiger partial charge on any atom is 0.311 e. The molecular formula is C18H26O3. The fourth-order valence-corrected chi connectivity index (χ4v) is 5.47. The number of hydrogen-bond acceptors (Lipinski definition) is 3. The summed E-state index contributed by atoms with van der Waals surface area (Å²) < 4.78 is 5.12. The number of carbonyl (C=O) groups excluding carboxylic acids is 2. The van der Waals surface area contributed by atoms with Gasteiger partial charge in [-0.25, -0.2) is 0 Å². The third-order valence-corrected chi connectivity index (χ3v) is 6.54. The van der Waals surface area contributed by atoms with Crippen molar-refractivity contribution in [2.45, 2.75) is 58.8 Å². The molecule has 0 N–H and O–H groups in total. The SMILES string of the molecule is COC(=O)[C@]1(C)CCC[C@@]2(C)C3=CC(=O)CC[C@H]3CC[C@H]12. The molecule has 0 saturated heterocycles. The number of hydrogen-bond donors (Lipinski definition) is 0. The van der Waals surface area contributed by atoms with Crippen LogP contribution in [0.5, 0.6) is 0 Å². The van der Waals surface area contributed by atoms with Gasteiger partial charge in [-0.1, -0.05) is 18.9 Å². The largest absolute Gasteiger partial charge is 0.469 e. The van der Waals surface area contributed by atoms with Crippen LogP contribution in [0.1, 0.15) is 58.8 Å². The Bertz CT molecular complexity index is 507. The second-order valence-electron chi connectivity index (χ2n) is 7.61. The van der Waals surface area contributed by atoms with Crippen molar-refractivity contribution < 1.29 is 14.3 Å². The molecule has 3 nitrogen and oxygen atoms in total. The molecular weight excluding hydrogens is 264 g/mol. The Labute approximate surface area is 127 Å². The molecule has 2 saturated carbocycles. The van der Waals surface area contributed by atoms with Crippen molar-refractivity contribution in [3.8, 4) is 0 Å². The number of allylic oxidation sites excluding steroid dienone is 2. The molecule has 3 heteroatoms. The Morgan fingerprint density at radius 2 is 2.00 bits per heavy atom. The fraction of sp³-hybridized carbons (Fsp3) is 0.778. The van der Waals surface area contributed by atoms with E-state index in [4.69, 9.17) is 4.74 Å². The summed E-state index contributed by atoms with van der Waals surface area (Å²) >= 11 is 0. The first-order valence-electron chi connectivity index (χ1n) is 8.25. The molecule has 3 rings (SSSR count). The van der Waals surface area contributed by atoms with Crippen molar-refractivity contribution in [2.24, 2.45) is 22.7 Å². The topological polar surface area (TPSA) is 43.4 Å². The molecule has 0 unspecified atom stereocenters. The summed E-state index contributed by atoms with van der Waals surface area (Å²) in [5.74, 6) is 1.07. The Balaban J connectivity index is 2.03. The van der Waals surface area contributed by atoms with Crippen LogP contribution < -0.4 is 0 Å². The minimum Gasteiger partial charge on any atom is -0.469 e. The molecule has 116 valence electrons. The molecule has 0 aromatic rings. The molecule has 0 heterocycles. The van der Waals surface area contributed by atoms with Crippen molar-refractivity contribution in [2.75, 3.05) is 7.11 Å². The zero-order valence-corrected chi connectivity index (χ0v) is 13.4. The quantitative estimate of drug-likeness (QED) is 0.692. The molecule has 0 bridgehead atoms. The predicted molar refractivity (Wildman–Crippen MR) is 80.6 cm³/mol. The predicted octanol–water partition coefficient (Wildman–Crippen LogP) is 3.67. The van der Waals surface area contributed by atoms with Gasteiger partial charge in [-0.15, -0.1) is 0 Å². The fourth-order valence-electron chi connectivity index (χ4n) is 5.47. The van der Waals surface area contributed by atoms with Crippen LogP contribution in [0.4, 0.5) is 0 Å². The van der Waals surface area contributed by atoms with E-state index in [1.54, 1.807) is 0 Å². The van der Waals surface area contributed by atoms with Crippen molar-refractivity contribution in [1.29, 1.82) is 0 Å². The van der Waals surface area contributed by atoms with Gasteiger partial charge >= 0.3 is 5.97 Å². The summed E-state index contributed by atoms with van der Waals surface area (Å²) in [6.07, 6.45) is 8.86. The number of methoxy groups -OCH3 is 1. The van der Waals surface area contributed by atoms with E-state index < -0.39 is 5.41 Å². The highest BCUT2D eigenvalue weighted by Gasteiger charge is 2.57. The van der Waals surface area contributed by atoms with E-state index in [9.17, 15) is 9.59 Å². The maximum absolute atomic E-state index is 12.4. The highest BCUT2D eigenvalue weighted by Crippen LogP contribution is 2.62. The van der Waals surface area contributed by atoms with Gasteiger partial charge in [0.15, 0.2) is 5.78 Å². The van der Waals surface area contributed by atoms with Crippen molar-refractivity contribution in [3.05, 3.63) is 11.6 Å². The first-order valence-corrected chi connectivity index (χ1v) is 8.25. The lowest BCUT2D eigenvalue weighted by molar-refractivity contribution is -0.164. The summed E-state index contributed by atoms with van der Waals surface area (Å²) in [4.78, 5) is 24.3. The average molecular weight is 290 g/mol. The van der Waals surface area contributed by atoms with Gasteiger partial charge in [0.05, 0.1) is 12.5 Å². The summed E-state index contributed by atoms with van der Waals surface area (Å²) in [6.45, 7) is 4.36. The first-order chi connectivity index (χ1) is 9.91. The normalized spacial score (nSPS) is 42.6. The number of fused-ring (bicyclic) bond motifs is 3. The van der Waals surface area contributed by atoms with Crippen LogP contribution in [-0.4, -0.2) is 18.9 Å². The van der Waals surface area contributed by atoms with Crippen molar-refractivity contribution in [3.63, 3.8) is 0 Å². The Morgan fingerprint density at radius 1 is 1.24 bits per heavy atom. The van der Waals surface area contributed by atoms with Crippen LogP contribution >= 0.6 is 0 Å². The number of ether oxygens (including phenoxy) is 1. The third kappa shape index (κ3) is 2.08. The average Bonchev–Trinajstić information content (AvgIpc) is 2.46. The van der Waals surface area contributed by atoms with Crippen LogP contribution in [-0.2, 0) is 14.3 Å². The number of ketones is 1. The summed E-state index contributed by atoms with van der Waals surface area (Å²) in [7, 11) is 1.49. The van der Waals surface area contributed by atoms with E-state index in [1.807, 2.05) is 6.08 Å². The van der Waals surface area contributed by atoms with Gasteiger partial charge in [-0.3, -0.25) is 9.59 Å². The van der Waals surface area contributed by atoms with Gasteiger partial charge in [0.2, 0.25) is 0 Å². The standard InChI is InChI=1S/C18H26O3/c1-17-9-4-10-18(2,16(20)21-3)15(17)8-6-12-5-7-13(19)11-14(12)17/h11-12,15H,4-10H2,1-3H3/t12-,15-,17-,18+/m0/s1. The molecule has 0 spiro atoms. The van der Waals surface area contributed by atoms with Crippen LogP contribution in [0.25, 0.3) is 0 Å². The maximum atomic E-state index is 12.4. The van der Waals surface area contributed by atoms with E-state index in [0.717, 1.165) is 38.5 Å². The van der Waals surface area contributed by atoms with Crippen LogP contribution in [0.3, 0.4) is 0 Å². The van der Waals surface area contributed by atoms with Crippen molar-refractivity contribution >= 4 is 11.8 Å². The minimum atomic E-state index is -0.395. The first kappa shape index (κ1) is 14.8. The molecule has 21 heavy (non-hydrogen) atoms. The highest BCUT2D eigenvalue weighted by molar-refractivity contribution is 5.91. The molecule has 0 aliphatic heterocycles. The summed E-state index contributed by atoms with van der Waals surface area (Å²) in [6, 6.07) is 0. The zero-order valence-electron chi connectivity index (χ0n) is 13.4. The lowest BCUT2D eigenvalue weighted by Crippen LogP contribution is -2.52. The lowest BCUT2D eigenvalue weighted by atomic mass is 9.47. The second kappa shape index (κ2) is 4.96. The molecule has 0 radical (unpaired) electrons. The number of carbonyl (C=O) groups is 2. The number of esters is 1. The zero-order chi connectivity index (χ0) is 15.3. The Hall–Kier alpha value is -1.12. The smallest absolute Gasteiger partial charge is 0.311 e. The van der Waals surface area contributed by atoms with Crippen LogP contribution in [0, 0.1) is 22.7 Å². The highest BCUT2D eigenvalue weighted by atomic mass is 16.5. The van der Waals surface area contributed by atoms with Crippen molar-refractivity contribution in [1.82, 2.24) is 0 Å². The van der Waals surface area contributed by atoms with Crippen LogP contribution in [0.15, 0.2) is 11.6 Å². The number of rotatable bonds is 1. The van der Waals surface area contributed by atoms with E-state index in [2.05, 4.69) is 13.8 Å². The molecule has 2 fully saturated rings. The van der Waals surface area contributed by atoms with Gasteiger partial charge in [0, 0.05) is 6.42 Å². The minimum absolute atomic E-state index is 0.000185. The van der Waals surface area contributed by atoms with E-state index in [1.165, 1.54) is 12.7 Å². The summed E-state index contributed by atoms with van der Waals surface area (Å²) in [5, 5.41) is 0. The van der Waals surface area contributed by atoms with E-state index >= 15 is 0 Å². The van der Waals surface area contributed by atoms with Crippen LogP contribution in [0.2, 0.25) is 0 Å². The molecule has 0 aromatic heterocycles. The van der Waals surface area contributed by atoms with Gasteiger partial charge in [-0.2, -0.15) is 0 Å². The molecule has 4 atom stereocenters. The monoisotopic (exact) mass is 290 g/mol. The van der Waals surface area contributed by atoms with Gasteiger partial charge in [0.1, 0.15) is 0 Å². The lowest BCUT2D eigenvalue weighted by Gasteiger charge is -2.57. The molecule has 0 amide bonds. The molecule has 3 aliphatic carbocycles. The molecule has 3 aliphatic rings. The summed E-state index contributed by atoms with van der Waals surface area (Å²) in [5.41, 5.74) is 0.943. The Kier molecular flexibility index (Phi) is 3.50. The Morgan fingerprint density at radius 3 is 2.71 bits per heavy atom. The van der Waals surface area contributed by atoms with Gasteiger partial charge < -0.3 is 4.74 Å². The van der Waals surface area contributed by atoms with E-state index in [0.29, 0.717) is 18.3 Å². The molecule has 0 aromatic carbocycles. The van der Waals surface area contributed by atoms with E-state index in [-0.39, 0.29) is 17.2 Å². The van der Waals surface area contributed by atoms with Gasteiger partial charge in [0.25, 0.3) is 0 Å². The van der Waals surface area contributed by atoms with Gasteiger partial charge in [-0.05, 0) is 62.4 Å². The third-order valence-electron chi connectivity index (χ3n) is 6.54. The second-order valence-corrected chi connectivity index (χ2v) is 7.61.